The third-order valence-electron chi connectivity index (χ3n) is 1.46. The van der Waals surface area contributed by atoms with Crippen LogP contribution in [-0.2, 0) is 9.53 Å². The normalized spacial score (nSPS) is 14.0. The number of alkyl halides is 3. The summed E-state index contributed by atoms with van der Waals surface area (Å²) in [6.45, 7) is -1.58. The minimum atomic E-state index is -4.36. The molecule has 4 nitrogen and oxygen atoms in total. The van der Waals surface area contributed by atoms with Crippen molar-refractivity contribution in [1.82, 2.24) is 5.32 Å². The molecule has 7 heteroatoms. The van der Waals surface area contributed by atoms with Crippen molar-refractivity contribution < 1.29 is 27.8 Å². The lowest BCUT2D eigenvalue weighted by Gasteiger charge is -2.11. The monoisotopic (exact) mass is 215 g/mol. The summed E-state index contributed by atoms with van der Waals surface area (Å²) in [6.07, 6.45) is -4.36. The SMILES string of the molecule is CNC(CCOCC(F)(F)F)C(=O)O. The van der Waals surface area contributed by atoms with E-state index >= 15 is 0 Å². The number of carboxylic acids is 1. The van der Waals surface area contributed by atoms with Crippen LogP contribution in [0.25, 0.3) is 0 Å². The highest BCUT2D eigenvalue weighted by Crippen LogP contribution is 2.14. The predicted molar refractivity (Wildman–Crippen MR) is 42.0 cm³/mol. The average molecular weight is 215 g/mol. The van der Waals surface area contributed by atoms with E-state index in [2.05, 4.69) is 10.1 Å². The van der Waals surface area contributed by atoms with E-state index in [1.165, 1.54) is 7.05 Å². The number of hydrogen-bond acceptors (Lipinski definition) is 3. The second kappa shape index (κ2) is 5.82. The molecule has 0 heterocycles. The molecule has 0 fully saturated rings. The first-order valence-electron chi connectivity index (χ1n) is 3.91. The fraction of sp³-hybridized carbons (Fsp3) is 0.857. The molecule has 1 atom stereocenters. The van der Waals surface area contributed by atoms with Crippen LogP contribution in [0.2, 0.25) is 0 Å². The van der Waals surface area contributed by atoms with E-state index in [1.807, 2.05) is 0 Å². The third-order valence-corrected chi connectivity index (χ3v) is 1.46. The van der Waals surface area contributed by atoms with Gasteiger partial charge in [0.2, 0.25) is 0 Å². The van der Waals surface area contributed by atoms with Crippen LogP contribution in [0.3, 0.4) is 0 Å². The van der Waals surface area contributed by atoms with E-state index in [-0.39, 0.29) is 13.0 Å². The van der Waals surface area contributed by atoms with Crippen molar-refractivity contribution in [2.24, 2.45) is 0 Å². The summed E-state index contributed by atoms with van der Waals surface area (Å²) in [4.78, 5) is 10.4. The standard InChI is InChI=1S/C7H12F3NO3/c1-11-5(6(12)13)2-3-14-4-7(8,9)10/h5,11H,2-4H2,1H3,(H,12,13). The lowest BCUT2D eigenvalue weighted by atomic mass is 10.2. The number of hydrogen-bond donors (Lipinski definition) is 2. The lowest BCUT2D eigenvalue weighted by Crippen LogP contribution is -2.35. The zero-order valence-corrected chi connectivity index (χ0v) is 7.60. The quantitative estimate of drug-likeness (QED) is 0.638. The van der Waals surface area contributed by atoms with Gasteiger partial charge < -0.3 is 15.2 Å². The second-order valence-corrected chi connectivity index (χ2v) is 2.64. The third kappa shape index (κ3) is 6.67. The van der Waals surface area contributed by atoms with Crippen molar-refractivity contribution in [2.45, 2.75) is 18.6 Å². The number of halogens is 3. The molecule has 0 aliphatic carbocycles. The van der Waals surface area contributed by atoms with Gasteiger partial charge in [-0.05, 0) is 13.5 Å². The van der Waals surface area contributed by atoms with Crippen molar-refractivity contribution >= 4 is 5.97 Å². The number of carboxylic acid groups (broad SMARTS) is 1. The summed E-state index contributed by atoms with van der Waals surface area (Å²) in [7, 11) is 1.42. The van der Waals surface area contributed by atoms with E-state index in [9.17, 15) is 18.0 Å². The van der Waals surface area contributed by atoms with Gasteiger partial charge in [-0.3, -0.25) is 4.79 Å². The molecule has 0 saturated carbocycles. The molecule has 0 radical (unpaired) electrons. The molecule has 0 aromatic rings. The van der Waals surface area contributed by atoms with E-state index in [4.69, 9.17) is 5.11 Å². The number of carbonyl (C=O) groups is 1. The second-order valence-electron chi connectivity index (χ2n) is 2.64. The highest BCUT2D eigenvalue weighted by Gasteiger charge is 2.27. The zero-order chi connectivity index (χ0) is 11.2. The molecule has 0 saturated heterocycles. The lowest BCUT2D eigenvalue weighted by molar-refractivity contribution is -0.174. The van der Waals surface area contributed by atoms with Crippen LogP contribution in [0.1, 0.15) is 6.42 Å². The molecule has 0 aromatic carbocycles. The molecule has 0 spiro atoms. The molecule has 0 aliphatic rings. The first-order chi connectivity index (χ1) is 6.37. The maximum Gasteiger partial charge on any atom is 0.411 e. The van der Waals surface area contributed by atoms with Gasteiger partial charge in [0.05, 0.1) is 0 Å². The van der Waals surface area contributed by atoms with Gasteiger partial charge in [-0.1, -0.05) is 0 Å². The van der Waals surface area contributed by atoms with Crippen LogP contribution in [0.15, 0.2) is 0 Å². The summed E-state index contributed by atoms with van der Waals surface area (Å²) in [5, 5.41) is 10.9. The summed E-state index contributed by atoms with van der Waals surface area (Å²) in [5.41, 5.74) is 0. The summed E-state index contributed by atoms with van der Waals surface area (Å²) < 4.78 is 38.9. The van der Waals surface area contributed by atoms with E-state index in [1.54, 1.807) is 0 Å². The molecule has 1 unspecified atom stereocenters. The van der Waals surface area contributed by atoms with Gasteiger partial charge in [-0.25, -0.2) is 0 Å². The van der Waals surface area contributed by atoms with E-state index in [0.29, 0.717) is 0 Å². The van der Waals surface area contributed by atoms with Crippen LogP contribution in [0, 0.1) is 0 Å². The van der Waals surface area contributed by atoms with Gasteiger partial charge in [0, 0.05) is 6.61 Å². The van der Waals surface area contributed by atoms with Crippen LogP contribution in [0.4, 0.5) is 13.2 Å². The van der Waals surface area contributed by atoms with Gasteiger partial charge in [-0.2, -0.15) is 13.2 Å². The fourth-order valence-electron chi connectivity index (χ4n) is 0.780. The van der Waals surface area contributed by atoms with Crippen molar-refractivity contribution in [1.29, 1.82) is 0 Å². The smallest absolute Gasteiger partial charge is 0.411 e. The van der Waals surface area contributed by atoms with Crippen LogP contribution in [0.5, 0.6) is 0 Å². The number of aliphatic carboxylic acids is 1. The Morgan fingerprint density at radius 2 is 2.14 bits per heavy atom. The Morgan fingerprint density at radius 3 is 2.50 bits per heavy atom. The molecule has 0 aliphatic heterocycles. The van der Waals surface area contributed by atoms with Crippen molar-refractivity contribution in [3.05, 3.63) is 0 Å². The highest BCUT2D eigenvalue weighted by molar-refractivity contribution is 5.73. The van der Waals surface area contributed by atoms with E-state index < -0.39 is 24.8 Å². The highest BCUT2D eigenvalue weighted by atomic mass is 19.4. The van der Waals surface area contributed by atoms with Crippen molar-refractivity contribution in [2.75, 3.05) is 20.3 Å². The Hall–Kier alpha value is -0.820. The Morgan fingerprint density at radius 1 is 1.57 bits per heavy atom. The average Bonchev–Trinajstić information content (AvgIpc) is 2.01. The topological polar surface area (TPSA) is 58.6 Å². The zero-order valence-electron chi connectivity index (χ0n) is 7.60. The molecule has 14 heavy (non-hydrogen) atoms. The molecule has 0 aromatic heterocycles. The molecule has 84 valence electrons. The summed E-state index contributed by atoms with van der Waals surface area (Å²) in [6, 6.07) is -0.872. The maximum atomic E-state index is 11.6. The number of nitrogens with one attached hydrogen (secondary N) is 1. The largest absolute Gasteiger partial charge is 0.480 e. The van der Waals surface area contributed by atoms with Gasteiger partial charge in [0.25, 0.3) is 0 Å². The maximum absolute atomic E-state index is 11.6. The van der Waals surface area contributed by atoms with Gasteiger partial charge in [0.15, 0.2) is 0 Å². The van der Waals surface area contributed by atoms with Gasteiger partial charge >= 0.3 is 12.1 Å². The minimum Gasteiger partial charge on any atom is -0.480 e. The van der Waals surface area contributed by atoms with Crippen LogP contribution >= 0.6 is 0 Å². The number of likely N-dealkylation sites (N-methyl/N-ethyl adjacent to an activating group) is 1. The van der Waals surface area contributed by atoms with E-state index in [0.717, 1.165) is 0 Å². The molecule has 2 N–H and O–H groups in total. The first kappa shape index (κ1) is 13.2. The van der Waals surface area contributed by atoms with Crippen LogP contribution in [-0.4, -0.2) is 43.6 Å². The molecular weight excluding hydrogens is 203 g/mol. The molecular formula is C7H12F3NO3. The number of ether oxygens (including phenoxy) is 1. The van der Waals surface area contributed by atoms with Crippen LogP contribution < -0.4 is 5.32 Å². The molecule has 0 amide bonds. The Kier molecular flexibility index (Phi) is 5.47. The van der Waals surface area contributed by atoms with Gasteiger partial charge in [0.1, 0.15) is 12.6 Å². The Bertz CT molecular complexity index is 184. The van der Waals surface area contributed by atoms with Crippen molar-refractivity contribution in [3.63, 3.8) is 0 Å². The molecule has 0 bridgehead atoms. The summed E-state index contributed by atoms with van der Waals surface area (Å²) in [5.74, 6) is -1.11. The predicted octanol–water partition coefficient (Wildman–Crippen LogP) is 0.628. The summed E-state index contributed by atoms with van der Waals surface area (Å²) >= 11 is 0. The van der Waals surface area contributed by atoms with Crippen molar-refractivity contribution in [3.8, 4) is 0 Å². The van der Waals surface area contributed by atoms with Gasteiger partial charge in [-0.15, -0.1) is 0 Å². The molecule has 0 rings (SSSR count). The fourth-order valence-corrected chi connectivity index (χ4v) is 0.780. The number of rotatable bonds is 6. The minimum absolute atomic E-state index is 0.00190. The first-order valence-corrected chi connectivity index (χ1v) is 3.91. The Balaban J connectivity index is 3.58. The Labute approximate surface area is 79.0 Å².